The zero-order valence-corrected chi connectivity index (χ0v) is 17.0. The van der Waals surface area contributed by atoms with Crippen LogP contribution in [0.15, 0.2) is 28.8 Å². The molecule has 8 nitrogen and oxygen atoms in total. The Balaban J connectivity index is 1.88. The fraction of sp³-hybridized carbons (Fsp3) is 0.286. The maximum atomic E-state index is 6.03. The molecular weight excluding hydrogens is 368 g/mol. The number of para-hydroxylation sites is 1. The third kappa shape index (κ3) is 3.49. The van der Waals surface area contributed by atoms with Gasteiger partial charge in [-0.2, -0.15) is 15.0 Å². The van der Waals surface area contributed by atoms with Crippen molar-refractivity contribution in [2.45, 2.75) is 40.7 Å². The number of hydrogen-bond donors (Lipinski definition) is 1. The number of rotatable bonds is 4. The number of nitrogen functional groups attached to an aromatic ring is 1. The summed E-state index contributed by atoms with van der Waals surface area (Å²) in [7, 11) is 0. The van der Waals surface area contributed by atoms with Gasteiger partial charge in [0.1, 0.15) is 17.7 Å². The van der Waals surface area contributed by atoms with Crippen LogP contribution in [0.5, 0.6) is 6.01 Å². The van der Waals surface area contributed by atoms with Crippen LogP contribution >= 0.6 is 0 Å². The summed E-state index contributed by atoms with van der Waals surface area (Å²) in [4.78, 5) is 17.3. The average molecular weight is 390 g/mol. The number of nitrogens with zero attached hydrogens (tertiary/aromatic N) is 5. The number of pyridine rings is 1. The summed E-state index contributed by atoms with van der Waals surface area (Å²) < 4.78 is 11.4. The number of anilines is 1. The van der Waals surface area contributed by atoms with Gasteiger partial charge in [0.05, 0.1) is 22.5 Å². The number of ether oxygens (including phenoxy) is 1. The second kappa shape index (κ2) is 7.12. The van der Waals surface area contributed by atoms with Crippen LogP contribution in [0.3, 0.4) is 0 Å². The summed E-state index contributed by atoms with van der Waals surface area (Å²) in [6.45, 7) is 9.49. The first-order valence-corrected chi connectivity index (χ1v) is 9.32. The number of benzene rings is 1. The van der Waals surface area contributed by atoms with Gasteiger partial charge in [-0.1, -0.05) is 23.4 Å². The topological polar surface area (TPSA) is 113 Å². The van der Waals surface area contributed by atoms with Crippen molar-refractivity contribution in [2.75, 3.05) is 5.73 Å². The van der Waals surface area contributed by atoms with E-state index in [1.807, 2.05) is 45.9 Å². The van der Waals surface area contributed by atoms with Crippen molar-refractivity contribution in [3.63, 3.8) is 0 Å². The standard InChI is InChI=1S/C21H22N6O2/c1-10-7-6-8-15-9-16(12(3)28-21-24-14(5)23-20(22)26-21)19(25-18(10)15)17-11(2)27-29-13(17)4/h6-9,12H,1-5H3,(H2,22,23,24,26)/t12-/m0/s1. The maximum Gasteiger partial charge on any atom is 0.322 e. The zero-order chi connectivity index (χ0) is 20.7. The van der Waals surface area contributed by atoms with Crippen molar-refractivity contribution in [3.8, 4) is 17.3 Å². The Morgan fingerprint density at radius 2 is 1.83 bits per heavy atom. The molecular formula is C21H22N6O2. The van der Waals surface area contributed by atoms with E-state index in [0.29, 0.717) is 11.6 Å². The normalized spacial score (nSPS) is 12.3. The molecule has 0 unspecified atom stereocenters. The summed E-state index contributed by atoms with van der Waals surface area (Å²) in [6, 6.07) is 8.35. The Kier molecular flexibility index (Phi) is 4.62. The van der Waals surface area contributed by atoms with Gasteiger partial charge in [-0.25, -0.2) is 4.98 Å². The smallest absolute Gasteiger partial charge is 0.322 e. The lowest BCUT2D eigenvalue weighted by Crippen LogP contribution is -2.11. The van der Waals surface area contributed by atoms with Crippen molar-refractivity contribution in [3.05, 3.63) is 52.7 Å². The summed E-state index contributed by atoms with van der Waals surface area (Å²) in [6.07, 6.45) is -0.391. The van der Waals surface area contributed by atoms with Crippen LogP contribution in [0, 0.1) is 27.7 Å². The van der Waals surface area contributed by atoms with Gasteiger partial charge < -0.3 is 15.0 Å². The highest BCUT2D eigenvalue weighted by molar-refractivity contribution is 5.86. The fourth-order valence-corrected chi connectivity index (χ4v) is 3.45. The van der Waals surface area contributed by atoms with Gasteiger partial charge >= 0.3 is 6.01 Å². The molecule has 0 radical (unpaired) electrons. The van der Waals surface area contributed by atoms with Crippen molar-refractivity contribution in [2.24, 2.45) is 0 Å². The highest BCUT2D eigenvalue weighted by Crippen LogP contribution is 2.35. The predicted octanol–water partition coefficient (Wildman–Crippen LogP) is 4.03. The Labute approximate surface area is 168 Å². The number of fused-ring (bicyclic) bond motifs is 1. The highest BCUT2D eigenvalue weighted by Gasteiger charge is 2.23. The second-order valence-corrected chi connectivity index (χ2v) is 7.06. The largest absolute Gasteiger partial charge is 0.455 e. The number of hydrogen-bond acceptors (Lipinski definition) is 8. The molecule has 8 heteroatoms. The molecule has 0 spiro atoms. The van der Waals surface area contributed by atoms with Crippen LogP contribution in [0.4, 0.5) is 5.95 Å². The van der Waals surface area contributed by atoms with Crippen LogP contribution < -0.4 is 10.5 Å². The molecule has 29 heavy (non-hydrogen) atoms. The van der Waals surface area contributed by atoms with E-state index in [-0.39, 0.29) is 12.0 Å². The summed E-state index contributed by atoms with van der Waals surface area (Å²) in [5, 5.41) is 5.12. The molecule has 0 fully saturated rings. The number of nitrogens with two attached hydrogens (primary N) is 1. The molecule has 0 aliphatic heterocycles. The van der Waals surface area contributed by atoms with Gasteiger partial charge in [0.25, 0.3) is 0 Å². The van der Waals surface area contributed by atoms with E-state index in [9.17, 15) is 0 Å². The van der Waals surface area contributed by atoms with Crippen LogP contribution in [0.1, 0.15) is 41.4 Å². The first-order chi connectivity index (χ1) is 13.8. The summed E-state index contributed by atoms with van der Waals surface area (Å²) >= 11 is 0. The maximum absolute atomic E-state index is 6.03. The van der Waals surface area contributed by atoms with Gasteiger partial charge in [0, 0.05) is 10.9 Å². The van der Waals surface area contributed by atoms with E-state index in [0.717, 1.165) is 39.0 Å². The van der Waals surface area contributed by atoms with E-state index in [4.69, 9.17) is 20.0 Å². The first-order valence-electron chi connectivity index (χ1n) is 9.32. The molecule has 148 valence electrons. The molecule has 4 rings (SSSR count). The molecule has 2 N–H and O–H groups in total. The van der Waals surface area contributed by atoms with Crippen LogP contribution in [0.25, 0.3) is 22.2 Å². The molecule has 1 aromatic carbocycles. The molecule has 0 bridgehead atoms. The molecule has 3 aromatic heterocycles. The fourth-order valence-electron chi connectivity index (χ4n) is 3.45. The van der Waals surface area contributed by atoms with Crippen LogP contribution in [0.2, 0.25) is 0 Å². The van der Waals surface area contributed by atoms with Crippen molar-refractivity contribution < 1.29 is 9.26 Å². The summed E-state index contributed by atoms with van der Waals surface area (Å²) in [5.74, 6) is 1.33. The van der Waals surface area contributed by atoms with Crippen molar-refractivity contribution in [1.82, 2.24) is 25.1 Å². The average Bonchev–Trinajstić information content (AvgIpc) is 2.98. The minimum Gasteiger partial charge on any atom is -0.455 e. The summed E-state index contributed by atoms with van der Waals surface area (Å²) in [5.41, 5.74) is 11.1. The van der Waals surface area contributed by atoms with Gasteiger partial charge in [0.2, 0.25) is 5.95 Å². The number of aromatic nitrogens is 5. The molecule has 0 amide bonds. The first kappa shape index (κ1) is 18.8. The molecule has 0 saturated carbocycles. The van der Waals surface area contributed by atoms with Crippen LogP contribution in [-0.4, -0.2) is 25.1 Å². The number of aryl methyl sites for hydroxylation is 4. The third-order valence-electron chi connectivity index (χ3n) is 4.81. The lowest BCUT2D eigenvalue weighted by molar-refractivity contribution is 0.207. The Bertz CT molecular complexity index is 1180. The Morgan fingerprint density at radius 1 is 1.03 bits per heavy atom. The molecule has 0 aliphatic carbocycles. The lowest BCUT2D eigenvalue weighted by atomic mass is 9.98. The van der Waals surface area contributed by atoms with Gasteiger partial charge in [0.15, 0.2) is 0 Å². The molecule has 0 saturated heterocycles. The van der Waals surface area contributed by atoms with Crippen molar-refractivity contribution >= 4 is 16.9 Å². The monoisotopic (exact) mass is 390 g/mol. The van der Waals surface area contributed by atoms with Crippen LogP contribution in [-0.2, 0) is 0 Å². The minimum atomic E-state index is -0.391. The molecule has 0 aliphatic rings. The van der Waals surface area contributed by atoms with Gasteiger partial charge in [-0.15, -0.1) is 0 Å². The van der Waals surface area contributed by atoms with E-state index in [2.05, 4.69) is 26.2 Å². The predicted molar refractivity (Wildman–Crippen MR) is 109 cm³/mol. The Hall–Kier alpha value is -3.55. The Morgan fingerprint density at radius 3 is 2.52 bits per heavy atom. The van der Waals surface area contributed by atoms with Gasteiger partial charge in [-0.3, -0.25) is 0 Å². The molecule has 4 aromatic rings. The van der Waals surface area contributed by atoms with E-state index in [1.54, 1.807) is 6.92 Å². The van der Waals surface area contributed by atoms with E-state index >= 15 is 0 Å². The van der Waals surface area contributed by atoms with Gasteiger partial charge in [-0.05, 0) is 46.2 Å². The molecule has 3 heterocycles. The second-order valence-electron chi connectivity index (χ2n) is 7.06. The third-order valence-corrected chi connectivity index (χ3v) is 4.81. The zero-order valence-electron chi connectivity index (χ0n) is 17.0. The lowest BCUT2D eigenvalue weighted by Gasteiger charge is -2.18. The molecule has 1 atom stereocenters. The SMILES string of the molecule is Cc1nc(N)nc(O[C@@H](C)c2cc3cccc(C)c3nc2-c2c(C)noc2C)n1. The quantitative estimate of drug-likeness (QED) is 0.556. The highest BCUT2D eigenvalue weighted by atomic mass is 16.5. The van der Waals surface area contributed by atoms with Crippen molar-refractivity contribution in [1.29, 1.82) is 0 Å². The minimum absolute atomic E-state index is 0.123. The van der Waals surface area contributed by atoms with E-state index < -0.39 is 6.10 Å². The van der Waals surface area contributed by atoms with E-state index in [1.165, 1.54) is 0 Å².